The van der Waals surface area contributed by atoms with Crippen molar-refractivity contribution in [3.63, 3.8) is 0 Å². The third-order valence-electron chi connectivity index (χ3n) is 7.76. The second-order valence-corrected chi connectivity index (χ2v) is 11.9. The largest absolute Gasteiger partial charge is 0.478 e. The van der Waals surface area contributed by atoms with Gasteiger partial charge in [-0.15, -0.1) is 11.8 Å². The van der Waals surface area contributed by atoms with Gasteiger partial charge in [-0.25, -0.2) is 9.78 Å². The number of benzene rings is 4. The Morgan fingerprint density at radius 1 is 0.867 bits per heavy atom. The van der Waals surface area contributed by atoms with E-state index < -0.39 is 12.3 Å². The van der Waals surface area contributed by atoms with E-state index in [4.69, 9.17) is 9.47 Å². The predicted molar refractivity (Wildman–Crippen MR) is 171 cm³/mol. The summed E-state index contributed by atoms with van der Waals surface area (Å²) in [7, 11) is 0. The molecule has 0 saturated carbocycles. The molecule has 45 heavy (non-hydrogen) atoms. The summed E-state index contributed by atoms with van der Waals surface area (Å²) in [5.41, 5.74) is 5.01. The van der Waals surface area contributed by atoms with Crippen LogP contribution in [-0.4, -0.2) is 43.9 Å². The normalized spacial score (nSPS) is 19.7. The van der Waals surface area contributed by atoms with Gasteiger partial charge < -0.3 is 25.0 Å². The third-order valence-corrected chi connectivity index (χ3v) is 8.86. The van der Waals surface area contributed by atoms with Gasteiger partial charge in [-0.05, 0) is 59.7 Å². The molecule has 1 saturated heterocycles. The molecule has 4 aromatic carbocycles. The molecule has 2 heterocycles. The first-order chi connectivity index (χ1) is 21.9. The van der Waals surface area contributed by atoms with Crippen molar-refractivity contribution >= 4 is 40.4 Å². The molecule has 1 fully saturated rings. The molecule has 1 aliphatic rings. The van der Waals surface area contributed by atoms with Gasteiger partial charge in [0.25, 0.3) is 5.91 Å². The Balaban J connectivity index is 1.19. The minimum absolute atomic E-state index is 0.00589. The number of carboxylic acid groups (broad SMARTS) is 1. The zero-order valence-corrected chi connectivity index (χ0v) is 25.2. The van der Waals surface area contributed by atoms with Crippen molar-refractivity contribution in [2.45, 2.75) is 36.9 Å². The van der Waals surface area contributed by atoms with Gasteiger partial charge in [0, 0.05) is 27.8 Å². The second kappa shape index (κ2) is 13.6. The van der Waals surface area contributed by atoms with Crippen LogP contribution in [0.5, 0.6) is 0 Å². The van der Waals surface area contributed by atoms with Crippen LogP contribution < -0.4 is 5.32 Å². The second-order valence-electron chi connectivity index (χ2n) is 10.8. The minimum Gasteiger partial charge on any atom is -0.478 e. The summed E-state index contributed by atoms with van der Waals surface area (Å²) in [5.74, 6) is -0.702. The summed E-state index contributed by atoms with van der Waals surface area (Å²) in [5, 5.41) is 21.6. The van der Waals surface area contributed by atoms with Gasteiger partial charge in [0.05, 0.1) is 41.6 Å². The molecule has 9 nitrogen and oxygen atoms in total. The van der Waals surface area contributed by atoms with Crippen molar-refractivity contribution in [2.75, 3.05) is 11.1 Å². The number of carbonyl (C=O) groups excluding carboxylic acids is 1. The van der Waals surface area contributed by atoms with Gasteiger partial charge in [0.2, 0.25) is 0 Å². The molecule has 4 atom stereocenters. The number of fused-ring (bicyclic) bond motifs is 1. The number of ether oxygens (including phenoxy) is 2. The van der Waals surface area contributed by atoms with Crippen LogP contribution in [0.25, 0.3) is 11.0 Å². The minimum atomic E-state index is -0.959. The standard InChI is InChI=1S/C35H31N3O6S/c1-21-31(20-45-27-16-12-24(13-17-27)34(41)42)43-35(44-32(21)23-8-6-22(19-39)7-9-23)25-10-14-26(15-11-25)37-33(40)30-18-36-28-4-2-3-5-29(28)38-30/h2-18,21,31-32,35,39H,19-20H2,1H3,(H,37,40)(H,41,42). The van der Waals surface area contributed by atoms with Crippen LogP contribution in [-0.2, 0) is 16.1 Å². The molecular weight excluding hydrogens is 590 g/mol. The average molecular weight is 622 g/mol. The van der Waals surface area contributed by atoms with E-state index in [-0.39, 0.29) is 41.9 Å². The SMILES string of the molecule is CC1C(CSc2ccc(C(=O)O)cc2)OC(c2ccc(NC(=O)c3cnc4ccccc4n3)cc2)OC1c1ccc(CO)cc1. The summed E-state index contributed by atoms with van der Waals surface area (Å²) in [4.78, 5) is 33.8. The lowest BCUT2D eigenvalue weighted by molar-refractivity contribution is -0.268. The van der Waals surface area contributed by atoms with E-state index in [0.29, 0.717) is 17.0 Å². The molecule has 10 heteroatoms. The Labute approximate surface area is 264 Å². The molecule has 5 aromatic rings. The number of rotatable bonds is 9. The molecule has 6 rings (SSSR count). The number of carbonyl (C=O) groups is 2. The molecule has 1 aliphatic heterocycles. The quantitative estimate of drug-likeness (QED) is 0.155. The zero-order chi connectivity index (χ0) is 31.3. The van der Waals surface area contributed by atoms with Gasteiger partial charge in [0.1, 0.15) is 5.69 Å². The number of hydrogen-bond acceptors (Lipinski definition) is 8. The van der Waals surface area contributed by atoms with Crippen molar-refractivity contribution in [2.24, 2.45) is 5.92 Å². The molecule has 1 amide bonds. The van der Waals surface area contributed by atoms with Crippen LogP contribution in [0.15, 0.2) is 108 Å². The van der Waals surface area contributed by atoms with Crippen LogP contribution in [0.4, 0.5) is 5.69 Å². The fourth-order valence-corrected chi connectivity index (χ4v) is 6.23. The maximum Gasteiger partial charge on any atom is 0.335 e. The smallest absolute Gasteiger partial charge is 0.335 e. The van der Waals surface area contributed by atoms with E-state index in [1.165, 1.54) is 6.20 Å². The first kappa shape index (κ1) is 30.4. The van der Waals surface area contributed by atoms with Crippen LogP contribution in [0, 0.1) is 5.92 Å². The number of amides is 1. The predicted octanol–water partition coefficient (Wildman–Crippen LogP) is 6.66. The Bertz CT molecular complexity index is 1800. The number of nitrogens with one attached hydrogen (secondary N) is 1. The van der Waals surface area contributed by atoms with Crippen molar-refractivity contribution in [3.05, 3.63) is 131 Å². The van der Waals surface area contributed by atoms with E-state index >= 15 is 0 Å². The molecule has 3 N–H and O–H groups in total. The topological polar surface area (TPSA) is 131 Å². The molecule has 0 bridgehead atoms. The molecule has 1 aromatic heterocycles. The number of aromatic carboxylic acids is 1. The Morgan fingerprint density at radius 2 is 1.56 bits per heavy atom. The Hall–Kier alpha value is -4.61. The first-order valence-corrected chi connectivity index (χ1v) is 15.5. The number of hydrogen-bond donors (Lipinski definition) is 3. The fraction of sp³-hybridized carbons (Fsp3) is 0.200. The number of para-hydroxylation sites is 2. The number of aliphatic hydroxyl groups is 1. The van der Waals surface area contributed by atoms with Crippen molar-refractivity contribution in [3.8, 4) is 0 Å². The summed E-state index contributed by atoms with van der Waals surface area (Å²) < 4.78 is 13.0. The van der Waals surface area contributed by atoms with E-state index in [2.05, 4.69) is 22.2 Å². The maximum absolute atomic E-state index is 12.9. The molecule has 4 unspecified atom stereocenters. The Kier molecular flexibility index (Phi) is 9.18. The first-order valence-electron chi connectivity index (χ1n) is 14.5. The number of carboxylic acids is 1. The van der Waals surface area contributed by atoms with Crippen LogP contribution >= 0.6 is 11.8 Å². The van der Waals surface area contributed by atoms with Crippen molar-refractivity contribution in [1.82, 2.24) is 9.97 Å². The molecule has 0 radical (unpaired) electrons. The van der Waals surface area contributed by atoms with Crippen molar-refractivity contribution < 1.29 is 29.3 Å². The molecule has 0 aliphatic carbocycles. The maximum atomic E-state index is 12.9. The number of thioether (sulfide) groups is 1. The van der Waals surface area contributed by atoms with E-state index in [0.717, 1.165) is 27.1 Å². The van der Waals surface area contributed by atoms with Gasteiger partial charge in [-0.2, -0.15) is 0 Å². The monoisotopic (exact) mass is 621 g/mol. The summed E-state index contributed by atoms with van der Waals surface area (Å²) in [6.45, 7) is 2.05. The lowest BCUT2D eigenvalue weighted by atomic mass is 9.91. The van der Waals surface area contributed by atoms with Gasteiger partial charge in [-0.1, -0.05) is 55.5 Å². The third kappa shape index (κ3) is 7.05. The highest BCUT2D eigenvalue weighted by molar-refractivity contribution is 7.99. The van der Waals surface area contributed by atoms with E-state index in [9.17, 15) is 19.8 Å². The van der Waals surface area contributed by atoms with Crippen LogP contribution in [0.2, 0.25) is 0 Å². The number of nitrogens with zero attached hydrogens (tertiary/aromatic N) is 2. The lowest BCUT2D eigenvalue weighted by Gasteiger charge is -2.41. The fourth-order valence-electron chi connectivity index (χ4n) is 5.17. The number of aromatic nitrogens is 2. The highest BCUT2D eigenvalue weighted by atomic mass is 32.2. The number of aliphatic hydroxyl groups excluding tert-OH is 1. The highest BCUT2D eigenvalue weighted by Crippen LogP contribution is 2.43. The zero-order valence-electron chi connectivity index (χ0n) is 24.4. The molecular formula is C35H31N3O6S. The summed E-state index contributed by atoms with van der Waals surface area (Å²) >= 11 is 1.59. The molecule has 0 spiro atoms. The van der Waals surface area contributed by atoms with Crippen LogP contribution in [0.1, 0.15) is 56.9 Å². The highest BCUT2D eigenvalue weighted by Gasteiger charge is 2.38. The lowest BCUT2D eigenvalue weighted by Crippen LogP contribution is -2.38. The average Bonchev–Trinajstić information content (AvgIpc) is 3.08. The van der Waals surface area contributed by atoms with E-state index in [1.807, 2.05) is 60.7 Å². The van der Waals surface area contributed by atoms with Gasteiger partial charge >= 0.3 is 5.97 Å². The Morgan fingerprint density at radius 3 is 2.24 bits per heavy atom. The molecule has 228 valence electrons. The van der Waals surface area contributed by atoms with Gasteiger partial charge in [-0.3, -0.25) is 9.78 Å². The van der Waals surface area contributed by atoms with E-state index in [1.54, 1.807) is 48.2 Å². The number of anilines is 1. The summed E-state index contributed by atoms with van der Waals surface area (Å²) in [6.07, 6.45) is 0.325. The van der Waals surface area contributed by atoms with Crippen LogP contribution in [0.3, 0.4) is 0 Å². The van der Waals surface area contributed by atoms with Crippen molar-refractivity contribution in [1.29, 1.82) is 0 Å². The summed E-state index contributed by atoms with van der Waals surface area (Å²) in [6, 6.07) is 29.2. The van der Waals surface area contributed by atoms with Gasteiger partial charge in [0.15, 0.2) is 6.29 Å².